The van der Waals surface area contributed by atoms with Crippen molar-refractivity contribution in [2.75, 3.05) is 0 Å². The summed E-state index contributed by atoms with van der Waals surface area (Å²) in [7, 11) is 0. The molecule has 2 atom stereocenters. The number of ketones is 1. The molecule has 0 bridgehead atoms. The Hall–Kier alpha value is -0.890. The van der Waals surface area contributed by atoms with Crippen LogP contribution in [0.15, 0.2) is 23.8 Å². The van der Waals surface area contributed by atoms with Gasteiger partial charge in [-0.1, -0.05) is 11.6 Å². The number of rotatable bonds is 2. The molecular weight excluding hydrogens is 200 g/mol. The Morgan fingerprint density at radius 3 is 2.94 bits per heavy atom. The number of ether oxygens (including phenoxy) is 1. The van der Waals surface area contributed by atoms with Crippen LogP contribution in [-0.2, 0) is 9.53 Å². The minimum absolute atomic E-state index is 0.0533. The number of carbonyl (C=O) groups is 1. The second-order valence-electron chi connectivity index (χ2n) is 5.83. The quantitative estimate of drug-likeness (QED) is 0.667. The summed E-state index contributed by atoms with van der Waals surface area (Å²) in [6, 6.07) is 0. The summed E-state index contributed by atoms with van der Waals surface area (Å²) in [4.78, 5) is 11.4. The molecule has 86 valence electrons. The number of carbonyl (C=O) groups excluding carboxylic acids is 1. The van der Waals surface area contributed by atoms with Crippen molar-refractivity contribution in [3.8, 4) is 0 Å². The van der Waals surface area contributed by atoms with Crippen LogP contribution in [0, 0.1) is 5.41 Å². The molecule has 0 aromatic heterocycles. The summed E-state index contributed by atoms with van der Waals surface area (Å²) >= 11 is 0. The van der Waals surface area contributed by atoms with E-state index in [1.54, 1.807) is 6.08 Å². The molecule has 0 radical (unpaired) electrons. The van der Waals surface area contributed by atoms with E-state index in [4.69, 9.17) is 4.74 Å². The molecule has 0 amide bonds. The fourth-order valence-electron chi connectivity index (χ4n) is 3.12. The van der Waals surface area contributed by atoms with Crippen LogP contribution in [0.4, 0.5) is 0 Å². The Bertz CT molecular complexity index is 403. The van der Waals surface area contributed by atoms with Gasteiger partial charge in [0.15, 0.2) is 5.78 Å². The maximum absolute atomic E-state index is 11.4. The Labute approximate surface area is 96.4 Å². The molecule has 3 rings (SSSR count). The minimum atomic E-state index is 0.0533. The van der Waals surface area contributed by atoms with Crippen molar-refractivity contribution in [2.45, 2.75) is 51.2 Å². The van der Waals surface area contributed by atoms with E-state index in [9.17, 15) is 4.79 Å². The second-order valence-corrected chi connectivity index (χ2v) is 5.83. The molecule has 3 aliphatic rings. The zero-order valence-electron chi connectivity index (χ0n) is 9.95. The largest absolute Gasteiger partial charge is 0.367 e. The lowest BCUT2D eigenvalue weighted by molar-refractivity contribution is -0.110. The molecule has 2 heteroatoms. The second kappa shape index (κ2) is 3.07. The summed E-state index contributed by atoms with van der Waals surface area (Å²) in [5.41, 5.74) is 1.54. The van der Waals surface area contributed by atoms with Gasteiger partial charge in [-0.15, -0.1) is 0 Å². The normalized spacial score (nSPS) is 39.5. The maximum atomic E-state index is 11.4. The first-order valence-electron chi connectivity index (χ1n) is 6.14. The maximum Gasteiger partial charge on any atom is 0.178 e. The molecule has 2 fully saturated rings. The number of hydrogen-bond acceptors (Lipinski definition) is 2. The van der Waals surface area contributed by atoms with Crippen molar-refractivity contribution in [1.82, 2.24) is 0 Å². The Balaban J connectivity index is 1.84. The molecule has 0 N–H and O–H groups in total. The monoisotopic (exact) mass is 218 g/mol. The van der Waals surface area contributed by atoms with Crippen molar-refractivity contribution >= 4 is 5.78 Å². The Morgan fingerprint density at radius 1 is 1.50 bits per heavy atom. The van der Waals surface area contributed by atoms with Crippen LogP contribution < -0.4 is 0 Å². The molecule has 1 heterocycles. The lowest BCUT2D eigenvalue weighted by Gasteiger charge is -2.29. The molecular formula is C14H18O2. The number of fused-ring (bicyclic) bond motifs is 1. The Morgan fingerprint density at radius 2 is 2.25 bits per heavy atom. The van der Waals surface area contributed by atoms with Gasteiger partial charge in [-0.05, 0) is 51.7 Å². The highest BCUT2D eigenvalue weighted by Gasteiger charge is 2.53. The SMILES string of the molecule is CC1(C)OC1CC12C=CC(=O)C=C1CCC2. The van der Waals surface area contributed by atoms with E-state index in [1.165, 1.54) is 18.4 Å². The van der Waals surface area contributed by atoms with Gasteiger partial charge in [0.05, 0.1) is 11.7 Å². The average molecular weight is 218 g/mol. The number of allylic oxidation sites excluding steroid dienone is 4. The van der Waals surface area contributed by atoms with Crippen LogP contribution in [0.3, 0.4) is 0 Å². The first-order valence-corrected chi connectivity index (χ1v) is 6.14. The van der Waals surface area contributed by atoms with Crippen LogP contribution in [0.2, 0.25) is 0 Å². The van der Waals surface area contributed by atoms with E-state index in [1.807, 2.05) is 6.08 Å². The summed E-state index contributed by atoms with van der Waals surface area (Å²) in [6.45, 7) is 4.29. The fraction of sp³-hybridized carbons (Fsp3) is 0.643. The van der Waals surface area contributed by atoms with E-state index in [-0.39, 0.29) is 16.8 Å². The van der Waals surface area contributed by atoms with Gasteiger partial charge in [0.2, 0.25) is 0 Å². The highest BCUT2D eigenvalue weighted by molar-refractivity contribution is 6.01. The summed E-state index contributed by atoms with van der Waals surface area (Å²) in [6.07, 6.45) is 10.6. The van der Waals surface area contributed by atoms with Gasteiger partial charge in [0, 0.05) is 5.41 Å². The first-order chi connectivity index (χ1) is 7.52. The van der Waals surface area contributed by atoms with Crippen LogP contribution in [-0.4, -0.2) is 17.5 Å². The lowest BCUT2D eigenvalue weighted by atomic mass is 9.74. The van der Waals surface area contributed by atoms with Crippen molar-refractivity contribution < 1.29 is 9.53 Å². The summed E-state index contributed by atoms with van der Waals surface area (Å²) < 4.78 is 5.69. The topological polar surface area (TPSA) is 29.6 Å². The summed E-state index contributed by atoms with van der Waals surface area (Å²) in [5, 5.41) is 0. The molecule has 0 spiro atoms. The molecule has 0 aromatic carbocycles. The van der Waals surface area contributed by atoms with Crippen molar-refractivity contribution in [2.24, 2.45) is 5.41 Å². The number of hydrogen-bond donors (Lipinski definition) is 0. The molecule has 16 heavy (non-hydrogen) atoms. The first kappa shape index (κ1) is 10.3. The van der Waals surface area contributed by atoms with Gasteiger partial charge in [0.25, 0.3) is 0 Å². The lowest BCUT2D eigenvalue weighted by Crippen LogP contribution is -2.23. The third-order valence-electron chi connectivity index (χ3n) is 4.31. The highest BCUT2D eigenvalue weighted by atomic mass is 16.6. The third-order valence-corrected chi connectivity index (χ3v) is 4.31. The molecule has 1 saturated heterocycles. The molecule has 1 aliphatic heterocycles. The molecule has 0 aromatic rings. The molecule has 2 aliphatic carbocycles. The zero-order chi connectivity index (χ0) is 11.4. The number of epoxide rings is 1. The molecule has 2 unspecified atom stereocenters. The van der Waals surface area contributed by atoms with Crippen LogP contribution in [0.25, 0.3) is 0 Å². The minimum Gasteiger partial charge on any atom is -0.367 e. The van der Waals surface area contributed by atoms with E-state index < -0.39 is 0 Å². The van der Waals surface area contributed by atoms with Crippen molar-refractivity contribution in [3.63, 3.8) is 0 Å². The molecule has 1 saturated carbocycles. The van der Waals surface area contributed by atoms with Crippen molar-refractivity contribution in [3.05, 3.63) is 23.8 Å². The standard InChI is InChI=1S/C14H18O2/c1-13(2)12(16-13)9-14-6-3-4-10(14)8-11(15)5-7-14/h5,7-8,12H,3-4,6,9H2,1-2H3. The van der Waals surface area contributed by atoms with Crippen LogP contribution in [0.1, 0.15) is 39.5 Å². The van der Waals surface area contributed by atoms with E-state index in [0.29, 0.717) is 6.10 Å². The van der Waals surface area contributed by atoms with Gasteiger partial charge < -0.3 is 4.74 Å². The van der Waals surface area contributed by atoms with Gasteiger partial charge in [-0.25, -0.2) is 0 Å². The van der Waals surface area contributed by atoms with Gasteiger partial charge >= 0.3 is 0 Å². The predicted octanol–water partition coefficient (Wildman–Crippen LogP) is 2.79. The van der Waals surface area contributed by atoms with Crippen LogP contribution >= 0.6 is 0 Å². The van der Waals surface area contributed by atoms with Gasteiger partial charge in [0.1, 0.15) is 0 Å². The highest BCUT2D eigenvalue weighted by Crippen LogP contribution is 2.53. The fourth-order valence-corrected chi connectivity index (χ4v) is 3.12. The average Bonchev–Trinajstić information content (AvgIpc) is 2.63. The Kier molecular flexibility index (Phi) is 1.97. The third kappa shape index (κ3) is 1.47. The molecule has 2 nitrogen and oxygen atoms in total. The predicted molar refractivity (Wildman–Crippen MR) is 62.1 cm³/mol. The van der Waals surface area contributed by atoms with Crippen molar-refractivity contribution in [1.29, 1.82) is 0 Å². The van der Waals surface area contributed by atoms with Gasteiger partial charge in [-0.2, -0.15) is 0 Å². The summed E-state index contributed by atoms with van der Waals surface area (Å²) in [5.74, 6) is 0.156. The van der Waals surface area contributed by atoms with Gasteiger partial charge in [-0.3, -0.25) is 4.79 Å². The van der Waals surface area contributed by atoms with E-state index in [0.717, 1.165) is 12.8 Å². The smallest absolute Gasteiger partial charge is 0.178 e. The zero-order valence-corrected chi connectivity index (χ0v) is 9.95. The van der Waals surface area contributed by atoms with Crippen LogP contribution in [0.5, 0.6) is 0 Å². The van der Waals surface area contributed by atoms with E-state index in [2.05, 4.69) is 19.9 Å². The van der Waals surface area contributed by atoms with E-state index >= 15 is 0 Å².